The van der Waals surface area contributed by atoms with Crippen molar-refractivity contribution in [1.29, 1.82) is 5.26 Å². The van der Waals surface area contributed by atoms with Crippen LogP contribution < -0.4 is 10.2 Å². The predicted octanol–water partition coefficient (Wildman–Crippen LogP) is 1.74. The molecule has 23 heavy (non-hydrogen) atoms. The van der Waals surface area contributed by atoms with E-state index >= 15 is 0 Å². The Kier molecular flexibility index (Phi) is 5.45. The Morgan fingerprint density at radius 1 is 1.30 bits per heavy atom. The lowest BCUT2D eigenvalue weighted by Crippen LogP contribution is -3.12. The molecule has 0 fully saturated rings. The quantitative estimate of drug-likeness (QED) is 0.883. The number of hydrogen-bond acceptors (Lipinski definition) is 2. The molecule has 0 spiro atoms. The zero-order chi connectivity index (χ0) is 16.8. The number of nitriles is 1. The van der Waals surface area contributed by atoms with Gasteiger partial charge in [-0.1, -0.05) is 24.3 Å². The van der Waals surface area contributed by atoms with Gasteiger partial charge in [0.1, 0.15) is 18.4 Å². The number of likely N-dealkylation sites (N-methyl/N-ethyl adjacent to an activating group) is 1. The molecule has 0 aliphatic heterocycles. The molecule has 4 nitrogen and oxygen atoms in total. The number of anilines is 1. The van der Waals surface area contributed by atoms with Gasteiger partial charge >= 0.3 is 0 Å². The zero-order valence-electron chi connectivity index (χ0n) is 13.1. The van der Waals surface area contributed by atoms with Gasteiger partial charge in [0.2, 0.25) is 0 Å². The van der Waals surface area contributed by atoms with Gasteiger partial charge in [0.15, 0.2) is 6.04 Å². The van der Waals surface area contributed by atoms with Gasteiger partial charge in [0.05, 0.1) is 18.3 Å². The number of carbonyl (C=O) groups excluding carboxylic acids is 1. The minimum absolute atomic E-state index is 0.179. The minimum atomic E-state index is -0.343. The van der Waals surface area contributed by atoms with Crippen LogP contribution >= 0.6 is 0 Å². The van der Waals surface area contributed by atoms with E-state index in [1.54, 1.807) is 37.3 Å². The summed E-state index contributed by atoms with van der Waals surface area (Å²) in [5.41, 5.74) is 1.76. The molecule has 0 heterocycles. The zero-order valence-corrected chi connectivity index (χ0v) is 13.1. The topological polar surface area (TPSA) is 57.3 Å². The molecule has 0 bridgehead atoms. The number of para-hydroxylation sites is 1. The Hall–Kier alpha value is -2.71. The van der Waals surface area contributed by atoms with Gasteiger partial charge in [0, 0.05) is 5.56 Å². The number of rotatable bonds is 5. The van der Waals surface area contributed by atoms with E-state index in [4.69, 9.17) is 5.26 Å². The molecule has 2 aromatic carbocycles. The molecule has 2 aromatic rings. The van der Waals surface area contributed by atoms with Crippen molar-refractivity contribution in [2.75, 3.05) is 12.4 Å². The maximum atomic E-state index is 13.2. The highest BCUT2D eigenvalue weighted by atomic mass is 19.1. The summed E-state index contributed by atoms with van der Waals surface area (Å²) in [6.45, 7) is 2.34. The van der Waals surface area contributed by atoms with Crippen LogP contribution in [0.1, 0.15) is 18.1 Å². The summed E-state index contributed by atoms with van der Waals surface area (Å²) < 4.78 is 13.2. The molecule has 0 aromatic heterocycles. The van der Waals surface area contributed by atoms with Gasteiger partial charge in [-0.05, 0) is 31.2 Å². The van der Waals surface area contributed by atoms with Gasteiger partial charge in [-0.3, -0.25) is 4.79 Å². The van der Waals surface area contributed by atoms with Crippen molar-refractivity contribution in [3.63, 3.8) is 0 Å². The van der Waals surface area contributed by atoms with Crippen LogP contribution in [0.15, 0.2) is 48.5 Å². The van der Waals surface area contributed by atoms with Crippen molar-refractivity contribution in [2.45, 2.75) is 19.5 Å². The standard InChI is InChI=1S/C18H18FN3O/c1-13(22(2)12-14-6-5-8-16(19)10-14)18(23)21-17-9-4-3-7-15(17)11-20/h3-10,13H,12H2,1-2H3,(H,21,23)/p+1/t13-/m0/s1. The molecule has 2 rings (SSSR count). The highest BCUT2D eigenvalue weighted by molar-refractivity contribution is 5.94. The smallest absolute Gasteiger partial charge is 0.282 e. The van der Waals surface area contributed by atoms with E-state index in [1.807, 2.05) is 13.1 Å². The second-order valence-electron chi connectivity index (χ2n) is 5.52. The normalized spacial score (nSPS) is 13.0. The maximum absolute atomic E-state index is 13.2. The second kappa shape index (κ2) is 7.52. The number of carbonyl (C=O) groups is 1. The first kappa shape index (κ1) is 16.7. The van der Waals surface area contributed by atoms with Crippen molar-refractivity contribution in [3.05, 3.63) is 65.5 Å². The third-order valence-corrected chi connectivity index (χ3v) is 3.81. The highest BCUT2D eigenvalue weighted by Gasteiger charge is 2.22. The molecule has 118 valence electrons. The number of nitrogens with zero attached hydrogens (tertiary/aromatic N) is 1. The summed E-state index contributed by atoms with van der Waals surface area (Å²) in [7, 11) is 1.88. The molecular weight excluding hydrogens is 293 g/mol. The molecule has 0 aliphatic rings. The van der Waals surface area contributed by atoms with E-state index in [2.05, 4.69) is 11.4 Å². The first-order chi connectivity index (χ1) is 11.0. The Bertz CT molecular complexity index is 739. The average Bonchev–Trinajstić information content (AvgIpc) is 2.54. The van der Waals surface area contributed by atoms with E-state index in [9.17, 15) is 9.18 Å². The molecule has 0 saturated heterocycles. The summed E-state index contributed by atoms with van der Waals surface area (Å²) in [5.74, 6) is -0.461. The Morgan fingerprint density at radius 3 is 2.74 bits per heavy atom. The fourth-order valence-electron chi connectivity index (χ4n) is 2.28. The molecular formula is C18H19FN3O+. The molecule has 0 saturated carbocycles. The average molecular weight is 312 g/mol. The molecule has 2 atom stereocenters. The van der Waals surface area contributed by atoms with Crippen LogP contribution in [0, 0.1) is 17.1 Å². The fourth-order valence-corrected chi connectivity index (χ4v) is 2.28. The summed E-state index contributed by atoms with van der Waals surface area (Å²) in [6.07, 6.45) is 0. The molecule has 0 radical (unpaired) electrons. The Labute approximate surface area is 135 Å². The van der Waals surface area contributed by atoms with Crippen LogP contribution in [0.4, 0.5) is 10.1 Å². The van der Waals surface area contributed by atoms with Crippen LogP contribution in [-0.4, -0.2) is 19.0 Å². The van der Waals surface area contributed by atoms with Gasteiger partial charge in [0.25, 0.3) is 5.91 Å². The van der Waals surface area contributed by atoms with E-state index in [1.165, 1.54) is 12.1 Å². The van der Waals surface area contributed by atoms with Crippen molar-refractivity contribution < 1.29 is 14.1 Å². The summed E-state index contributed by atoms with van der Waals surface area (Å²) >= 11 is 0. The van der Waals surface area contributed by atoms with Crippen LogP contribution in [0.2, 0.25) is 0 Å². The summed E-state index contributed by atoms with van der Waals surface area (Å²) in [5, 5.41) is 11.8. The van der Waals surface area contributed by atoms with E-state index in [0.29, 0.717) is 17.8 Å². The highest BCUT2D eigenvalue weighted by Crippen LogP contribution is 2.13. The number of halogens is 1. The predicted molar refractivity (Wildman–Crippen MR) is 86.2 cm³/mol. The summed E-state index contributed by atoms with van der Waals surface area (Å²) in [4.78, 5) is 13.3. The van der Waals surface area contributed by atoms with Crippen molar-refractivity contribution in [3.8, 4) is 6.07 Å². The largest absolute Gasteiger partial charge is 0.324 e. The first-order valence-corrected chi connectivity index (χ1v) is 7.38. The Morgan fingerprint density at radius 2 is 2.04 bits per heavy atom. The van der Waals surface area contributed by atoms with Gasteiger partial charge < -0.3 is 10.2 Å². The van der Waals surface area contributed by atoms with E-state index < -0.39 is 0 Å². The van der Waals surface area contributed by atoms with Crippen molar-refractivity contribution in [2.24, 2.45) is 0 Å². The molecule has 5 heteroatoms. The number of nitrogens with one attached hydrogen (secondary N) is 2. The van der Waals surface area contributed by atoms with Crippen molar-refractivity contribution in [1.82, 2.24) is 0 Å². The lowest BCUT2D eigenvalue weighted by atomic mass is 10.1. The minimum Gasteiger partial charge on any atom is -0.324 e. The fraction of sp³-hybridized carbons (Fsp3) is 0.222. The third-order valence-electron chi connectivity index (χ3n) is 3.81. The lowest BCUT2D eigenvalue weighted by molar-refractivity contribution is -0.907. The second-order valence-corrected chi connectivity index (χ2v) is 5.52. The monoisotopic (exact) mass is 312 g/mol. The third kappa shape index (κ3) is 4.38. The van der Waals surface area contributed by atoms with Crippen LogP contribution in [0.5, 0.6) is 0 Å². The summed E-state index contributed by atoms with van der Waals surface area (Å²) in [6, 6.07) is 14.9. The van der Waals surface area contributed by atoms with Gasteiger partial charge in [-0.2, -0.15) is 5.26 Å². The lowest BCUT2D eigenvalue weighted by Gasteiger charge is -2.21. The molecule has 2 N–H and O–H groups in total. The van der Waals surface area contributed by atoms with E-state index in [0.717, 1.165) is 10.5 Å². The van der Waals surface area contributed by atoms with Gasteiger partial charge in [-0.15, -0.1) is 0 Å². The number of benzene rings is 2. The number of amides is 1. The Balaban J connectivity index is 2.03. The van der Waals surface area contributed by atoms with Gasteiger partial charge in [-0.25, -0.2) is 4.39 Å². The van der Waals surface area contributed by atoms with E-state index in [-0.39, 0.29) is 17.8 Å². The van der Waals surface area contributed by atoms with Crippen LogP contribution in [-0.2, 0) is 11.3 Å². The molecule has 0 aliphatic carbocycles. The number of hydrogen-bond donors (Lipinski definition) is 2. The van der Waals surface area contributed by atoms with Crippen LogP contribution in [0.3, 0.4) is 0 Å². The maximum Gasteiger partial charge on any atom is 0.282 e. The van der Waals surface area contributed by atoms with Crippen LogP contribution in [0.25, 0.3) is 0 Å². The molecule has 1 amide bonds. The van der Waals surface area contributed by atoms with Crippen molar-refractivity contribution >= 4 is 11.6 Å². The SMILES string of the molecule is C[C@@H](C(=O)Nc1ccccc1C#N)[NH+](C)Cc1cccc(F)c1. The first-order valence-electron chi connectivity index (χ1n) is 7.38. The molecule has 1 unspecified atom stereocenters. The number of quaternary nitrogens is 1.